The fraction of sp³-hybridized carbons (Fsp3) is 0.533. The summed E-state index contributed by atoms with van der Waals surface area (Å²) in [5.74, 6) is 0.817. The summed E-state index contributed by atoms with van der Waals surface area (Å²) < 4.78 is 1.92. The second-order valence-electron chi connectivity index (χ2n) is 5.36. The molecule has 0 aliphatic carbocycles. The fourth-order valence-electron chi connectivity index (χ4n) is 2.31. The summed E-state index contributed by atoms with van der Waals surface area (Å²) >= 11 is 0. The number of rotatable bonds is 6. The summed E-state index contributed by atoms with van der Waals surface area (Å²) in [6.07, 6.45) is 4.78. The predicted octanol–water partition coefficient (Wildman–Crippen LogP) is 3.37. The van der Waals surface area contributed by atoms with Crippen molar-refractivity contribution in [1.82, 2.24) is 20.2 Å². The van der Waals surface area contributed by atoms with Crippen LogP contribution in [0.1, 0.15) is 51.1 Å². The van der Waals surface area contributed by atoms with Crippen LogP contribution in [0, 0.1) is 6.92 Å². The molecule has 2 rings (SSSR count). The predicted molar refractivity (Wildman–Crippen MR) is 81.3 cm³/mol. The Bertz CT molecular complexity index is 561. The van der Waals surface area contributed by atoms with Gasteiger partial charge in [-0.1, -0.05) is 26.2 Å². The molecule has 0 radical (unpaired) electrons. The molecule has 5 heteroatoms. The molecular weight excluding hydrogens is 250 g/mol. The van der Waals surface area contributed by atoms with Crippen LogP contribution in [0.15, 0.2) is 18.2 Å². The van der Waals surface area contributed by atoms with Crippen molar-refractivity contribution in [3.63, 3.8) is 0 Å². The van der Waals surface area contributed by atoms with E-state index in [0.717, 1.165) is 29.1 Å². The fourth-order valence-corrected chi connectivity index (χ4v) is 2.31. The molecule has 0 saturated carbocycles. The van der Waals surface area contributed by atoms with Crippen LogP contribution in [0.2, 0.25) is 0 Å². The number of aryl methyl sites for hydroxylation is 1. The van der Waals surface area contributed by atoms with Crippen molar-refractivity contribution in [2.24, 2.45) is 0 Å². The third-order valence-corrected chi connectivity index (χ3v) is 3.66. The van der Waals surface area contributed by atoms with Gasteiger partial charge in [0.2, 0.25) is 0 Å². The Balaban J connectivity index is 2.21. The second kappa shape index (κ2) is 6.50. The molecule has 0 fully saturated rings. The number of nitrogens with zero attached hydrogens (tertiary/aromatic N) is 4. The lowest BCUT2D eigenvalue weighted by atomic mass is 10.1. The highest BCUT2D eigenvalue weighted by atomic mass is 15.5. The lowest BCUT2D eigenvalue weighted by Gasteiger charge is -2.13. The molecule has 0 bridgehead atoms. The normalized spacial score (nSPS) is 12.6. The average Bonchev–Trinajstić information content (AvgIpc) is 2.91. The summed E-state index contributed by atoms with van der Waals surface area (Å²) in [5, 5.41) is 12.1. The number of anilines is 1. The van der Waals surface area contributed by atoms with E-state index in [1.165, 1.54) is 19.3 Å². The van der Waals surface area contributed by atoms with Gasteiger partial charge in [0.05, 0.1) is 6.04 Å². The van der Waals surface area contributed by atoms with E-state index < -0.39 is 0 Å². The van der Waals surface area contributed by atoms with Crippen molar-refractivity contribution in [3.8, 4) is 11.4 Å². The van der Waals surface area contributed by atoms with Crippen molar-refractivity contribution in [1.29, 1.82) is 0 Å². The molecule has 0 aliphatic heterocycles. The van der Waals surface area contributed by atoms with Crippen LogP contribution in [-0.4, -0.2) is 20.2 Å². The summed E-state index contributed by atoms with van der Waals surface area (Å²) in [6.45, 7) is 6.38. The Hall–Kier alpha value is -1.91. The second-order valence-corrected chi connectivity index (χ2v) is 5.36. The van der Waals surface area contributed by atoms with Gasteiger partial charge in [-0.2, -0.15) is 0 Å². The van der Waals surface area contributed by atoms with E-state index in [1.54, 1.807) is 0 Å². The third kappa shape index (κ3) is 3.15. The molecule has 1 aromatic carbocycles. The van der Waals surface area contributed by atoms with Crippen molar-refractivity contribution < 1.29 is 0 Å². The monoisotopic (exact) mass is 273 g/mol. The van der Waals surface area contributed by atoms with Crippen LogP contribution >= 0.6 is 0 Å². The molecule has 1 aromatic heterocycles. The molecule has 0 spiro atoms. The SMILES string of the molecule is CCCCCC(C)n1nnnc1-c1ccc(N)c(C)c1. The van der Waals surface area contributed by atoms with Crippen LogP contribution in [0.3, 0.4) is 0 Å². The molecular formula is C15H23N5. The maximum absolute atomic E-state index is 5.86. The minimum absolute atomic E-state index is 0.310. The van der Waals surface area contributed by atoms with Gasteiger partial charge in [0, 0.05) is 11.3 Å². The average molecular weight is 273 g/mol. The summed E-state index contributed by atoms with van der Waals surface area (Å²) in [7, 11) is 0. The van der Waals surface area contributed by atoms with Gasteiger partial charge >= 0.3 is 0 Å². The van der Waals surface area contributed by atoms with Gasteiger partial charge in [-0.25, -0.2) is 4.68 Å². The zero-order chi connectivity index (χ0) is 14.5. The van der Waals surface area contributed by atoms with E-state index in [2.05, 4.69) is 29.4 Å². The van der Waals surface area contributed by atoms with E-state index in [0.29, 0.717) is 6.04 Å². The highest BCUT2D eigenvalue weighted by Crippen LogP contribution is 2.24. The number of hydrogen-bond acceptors (Lipinski definition) is 4. The lowest BCUT2D eigenvalue weighted by Crippen LogP contribution is -2.09. The molecule has 5 nitrogen and oxygen atoms in total. The van der Waals surface area contributed by atoms with Crippen LogP contribution in [0.25, 0.3) is 11.4 Å². The zero-order valence-electron chi connectivity index (χ0n) is 12.5. The summed E-state index contributed by atoms with van der Waals surface area (Å²) in [5.41, 5.74) is 8.73. The van der Waals surface area contributed by atoms with Gasteiger partial charge in [-0.15, -0.1) is 5.10 Å². The van der Waals surface area contributed by atoms with Gasteiger partial charge in [-0.05, 0) is 54.5 Å². The third-order valence-electron chi connectivity index (χ3n) is 3.66. The lowest BCUT2D eigenvalue weighted by molar-refractivity contribution is 0.432. The van der Waals surface area contributed by atoms with Crippen LogP contribution in [-0.2, 0) is 0 Å². The van der Waals surface area contributed by atoms with Gasteiger partial charge in [-0.3, -0.25) is 0 Å². The van der Waals surface area contributed by atoms with Gasteiger partial charge in [0.25, 0.3) is 0 Å². The Morgan fingerprint density at radius 2 is 2.10 bits per heavy atom. The summed E-state index contributed by atoms with van der Waals surface area (Å²) in [4.78, 5) is 0. The number of nitrogens with two attached hydrogens (primary N) is 1. The van der Waals surface area contributed by atoms with Crippen LogP contribution < -0.4 is 5.73 Å². The Kier molecular flexibility index (Phi) is 4.71. The van der Waals surface area contributed by atoms with E-state index in [4.69, 9.17) is 5.73 Å². The highest BCUT2D eigenvalue weighted by molar-refractivity contribution is 5.61. The first kappa shape index (κ1) is 14.5. The quantitative estimate of drug-likeness (QED) is 0.647. The Morgan fingerprint density at radius 1 is 1.30 bits per heavy atom. The minimum Gasteiger partial charge on any atom is -0.399 e. The largest absolute Gasteiger partial charge is 0.399 e. The number of benzene rings is 1. The van der Waals surface area contributed by atoms with Crippen molar-refractivity contribution >= 4 is 5.69 Å². The van der Waals surface area contributed by atoms with Crippen molar-refractivity contribution in [2.75, 3.05) is 5.73 Å². The van der Waals surface area contributed by atoms with Crippen LogP contribution in [0.5, 0.6) is 0 Å². The molecule has 20 heavy (non-hydrogen) atoms. The molecule has 108 valence electrons. The standard InChI is InChI=1S/C15H23N5/c1-4-5-6-7-12(3)20-15(17-18-19-20)13-8-9-14(16)11(2)10-13/h8-10,12H,4-7,16H2,1-3H3. The molecule has 0 saturated heterocycles. The topological polar surface area (TPSA) is 69.6 Å². The number of tetrazole rings is 1. The molecule has 2 aromatic rings. The van der Waals surface area contributed by atoms with Gasteiger partial charge in [0.1, 0.15) is 0 Å². The van der Waals surface area contributed by atoms with E-state index in [9.17, 15) is 0 Å². The van der Waals surface area contributed by atoms with E-state index in [-0.39, 0.29) is 0 Å². The Labute approximate surface area is 120 Å². The first-order chi connectivity index (χ1) is 9.63. The van der Waals surface area contributed by atoms with Gasteiger partial charge < -0.3 is 5.73 Å². The maximum Gasteiger partial charge on any atom is 0.182 e. The summed E-state index contributed by atoms with van der Waals surface area (Å²) in [6, 6.07) is 6.23. The Morgan fingerprint density at radius 3 is 2.80 bits per heavy atom. The van der Waals surface area contributed by atoms with Gasteiger partial charge in [0.15, 0.2) is 5.82 Å². The van der Waals surface area contributed by atoms with Crippen LogP contribution in [0.4, 0.5) is 5.69 Å². The molecule has 2 N–H and O–H groups in total. The number of unbranched alkanes of at least 4 members (excludes halogenated alkanes) is 2. The molecule has 1 heterocycles. The highest BCUT2D eigenvalue weighted by Gasteiger charge is 2.14. The number of nitrogen functional groups attached to an aromatic ring is 1. The molecule has 1 unspecified atom stereocenters. The number of aromatic nitrogens is 4. The van der Waals surface area contributed by atoms with Crippen molar-refractivity contribution in [3.05, 3.63) is 23.8 Å². The smallest absolute Gasteiger partial charge is 0.182 e. The first-order valence-corrected chi connectivity index (χ1v) is 7.27. The maximum atomic E-state index is 5.86. The molecule has 0 aliphatic rings. The van der Waals surface area contributed by atoms with E-state index >= 15 is 0 Å². The number of hydrogen-bond donors (Lipinski definition) is 1. The van der Waals surface area contributed by atoms with E-state index in [1.807, 2.05) is 29.8 Å². The minimum atomic E-state index is 0.310. The molecule has 0 amide bonds. The zero-order valence-corrected chi connectivity index (χ0v) is 12.5. The first-order valence-electron chi connectivity index (χ1n) is 7.27. The van der Waals surface area contributed by atoms with Crippen molar-refractivity contribution in [2.45, 2.75) is 52.5 Å². The molecule has 1 atom stereocenters.